The molecule has 0 saturated heterocycles. The van der Waals surface area contributed by atoms with Crippen molar-refractivity contribution < 1.29 is 4.79 Å². The van der Waals surface area contributed by atoms with Crippen LogP contribution in [0.25, 0.3) is 0 Å². The summed E-state index contributed by atoms with van der Waals surface area (Å²) in [4.78, 5) is 14.0. The Balaban J connectivity index is 1.59. The van der Waals surface area contributed by atoms with Crippen molar-refractivity contribution in [2.75, 3.05) is 25.0 Å². The fourth-order valence-electron chi connectivity index (χ4n) is 2.53. The Morgan fingerprint density at radius 1 is 1.35 bits per heavy atom. The second-order valence-corrected chi connectivity index (χ2v) is 5.43. The normalized spacial score (nSPS) is 17.1. The minimum atomic E-state index is 0.184. The van der Waals surface area contributed by atoms with Gasteiger partial charge >= 0.3 is 0 Å². The molecular weight excluding hydrogens is 248 g/mol. The molecule has 3 nitrogen and oxygen atoms in total. The van der Waals surface area contributed by atoms with Gasteiger partial charge in [-0.2, -0.15) is 0 Å². The van der Waals surface area contributed by atoms with Crippen LogP contribution in [0.5, 0.6) is 0 Å². The number of hydrogen-bond acceptors (Lipinski definition) is 2. The Hall–Kier alpha value is -1.77. The van der Waals surface area contributed by atoms with Crippen LogP contribution >= 0.6 is 0 Å². The van der Waals surface area contributed by atoms with Gasteiger partial charge in [-0.15, -0.1) is 0 Å². The molecule has 0 spiro atoms. The second kappa shape index (κ2) is 7.73. The summed E-state index contributed by atoms with van der Waals surface area (Å²) in [6.07, 6.45) is 8.21. The highest BCUT2D eigenvalue weighted by atomic mass is 16.1. The van der Waals surface area contributed by atoms with Crippen LogP contribution in [0.2, 0.25) is 0 Å². The monoisotopic (exact) mass is 272 g/mol. The fraction of sp³-hybridized carbons (Fsp3) is 0.471. The first-order valence-electron chi connectivity index (χ1n) is 7.45. The number of anilines is 1. The van der Waals surface area contributed by atoms with E-state index in [0.29, 0.717) is 12.3 Å². The number of carbonyl (C=O) groups is 1. The molecule has 0 aromatic heterocycles. The Bertz CT molecular complexity index is 442. The number of allylic oxidation sites excluding steroid dienone is 2. The quantitative estimate of drug-likeness (QED) is 0.611. The van der Waals surface area contributed by atoms with Crippen molar-refractivity contribution in [3.63, 3.8) is 0 Å². The highest BCUT2D eigenvalue weighted by molar-refractivity contribution is 5.76. The van der Waals surface area contributed by atoms with Crippen molar-refractivity contribution >= 4 is 11.6 Å². The number of benzene rings is 1. The molecule has 20 heavy (non-hydrogen) atoms. The number of carbonyl (C=O) groups excluding carboxylic acids is 1. The van der Waals surface area contributed by atoms with Crippen molar-refractivity contribution in [3.05, 3.63) is 42.5 Å². The highest BCUT2D eigenvalue weighted by Gasteiger charge is 2.13. The number of rotatable bonds is 7. The lowest BCUT2D eigenvalue weighted by atomic mass is 10.1. The zero-order valence-corrected chi connectivity index (χ0v) is 12.2. The molecule has 108 valence electrons. The predicted octanol–water partition coefficient (Wildman–Crippen LogP) is 2.99. The Morgan fingerprint density at radius 2 is 2.15 bits per heavy atom. The average molecular weight is 272 g/mol. The van der Waals surface area contributed by atoms with Gasteiger partial charge in [0.05, 0.1) is 0 Å². The van der Waals surface area contributed by atoms with E-state index in [9.17, 15) is 4.79 Å². The molecule has 1 amide bonds. The smallest absolute Gasteiger partial charge is 0.220 e. The molecule has 0 bridgehead atoms. The van der Waals surface area contributed by atoms with E-state index in [1.54, 1.807) is 0 Å². The van der Waals surface area contributed by atoms with E-state index in [1.807, 2.05) is 18.2 Å². The molecule has 3 heteroatoms. The van der Waals surface area contributed by atoms with E-state index in [-0.39, 0.29) is 5.91 Å². The molecule has 1 aromatic rings. The van der Waals surface area contributed by atoms with Crippen LogP contribution < -0.4 is 10.2 Å². The van der Waals surface area contributed by atoms with E-state index in [2.05, 4.69) is 41.5 Å². The molecule has 0 aliphatic heterocycles. The topological polar surface area (TPSA) is 32.3 Å². The molecule has 1 unspecified atom stereocenters. The zero-order chi connectivity index (χ0) is 14.2. The van der Waals surface area contributed by atoms with Crippen molar-refractivity contribution in [2.24, 2.45) is 5.92 Å². The number of hydrogen-bond donors (Lipinski definition) is 1. The minimum Gasteiger partial charge on any atom is -0.375 e. The molecule has 0 saturated carbocycles. The van der Waals surface area contributed by atoms with Crippen LogP contribution in [0.4, 0.5) is 5.69 Å². The molecule has 0 radical (unpaired) electrons. The molecule has 2 rings (SSSR count). The first-order valence-corrected chi connectivity index (χ1v) is 7.45. The van der Waals surface area contributed by atoms with Gasteiger partial charge in [0.25, 0.3) is 0 Å². The van der Waals surface area contributed by atoms with Gasteiger partial charge in [0, 0.05) is 32.2 Å². The lowest BCUT2D eigenvalue weighted by molar-refractivity contribution is -0.121. The van der Waals surface area contributed by atoms with Crippen molar-refractivity contribution in [1.29, 1.82) is 0 Å². The van der Waals surface area contributed by atoms with Gasteiger partial charge in [0.2, 0.25) is 5.91 Å². The Kier molecular flexibility index (Phi) is 5.66. The van der Waals surface area contributed by atoms with Crippen LogP contribution in [-0.2, 0) is 4.79 Å². The van der Waals surface area contributed by atoms with E-state index in [4.69, 9.17) is 0 Å². The maximum Gasteiger partial charge on any atom is 0.220 e. The van der Waals surface area contributed by atoms with Crippen molar-refractivity contribution in [3.8, 4) is 0 Å². The molecule has 1 aromatic carbocycles. The molecule has 1 N–H and O–H groups in total. The second-order valence-electron chi connectivity index (χ2n) is 5.43. The van der Waals surface area contributed by atoms with Crippen LogP contribution in [0, 0.1) is 5.92 Å². The highest BCUT2D eigenvalue weighted by Crippen LogP contribution is 2.19. The summed E-state index contributed by atoms with van der Waals surface area (Å²) in [6, 6.07) is 10.3. The van der Waals surface area contributed by atoms with Crippen molar-refractivity contribution in [2.45, 2.75) is 25.7 Å². The number of nitrogens with one attached hydrogen (secondary N) is 1. The summed E-state index contributed by atoms with van der Waals surface area (Å²) >= 11 is 0. The minimum absolute atomic E-state index is 0.184. The predicted molar refractivity (Wildman–Crippen MR) is 83.8 cm³/mol. The standard InChI is InChI=1S/C17H24N2O/c1-19(16-10-3-2-4-11-16)13-7-12-18-17(20)14-15-8-5-6-9-15/h2-5,8,10-11,15H,6-7,9,12-14H2,1H3,(H,18,20). The van der Waals surface area contributed by atoms with Gasteiger partial charge in [0.1, 0.15) is 0 Å². The third-order valence-corrected chi connectivity index (χ3v) is 3.75. The van der Waals surface area contributed by atoms with Crippen molar-refractivity contribution in [1.82, 2.24) is 5.32 Å². The van der Waals surface area contributed by atoms with Gasteiger partial charge < -0.3 is 10.2 Å². The summed E-state index contributed by atoms with van der Waals surface area (Å²) in [5.41, 5.74) is 1.22. The largest absolute Gasteiger partial charge is 0.375 e. The zero-order valence-electron chi connectivity index (χ0n) is 12.2. The lowest BCUT2D eigenvalue weighted by Gasteiger charge is -2.19. The first kappa shape index (κ1) is 14.6. The van der Waals surface area contributed by atoms with Gasteiger partial charge in [-0.1, -0.05) is 30.4 Å². The molecular formula is C17H24N2O. The third-order valence-electron chi connectivity index (χ3n) is 3.75. The van der Waals surface area contributed by atoms with E-state index < -0.39 is 0 Å². The maximum absolute atomic E-state index is 11.8. The molecule has 1 atom stereocenters. The third kappa shape index (κ3) is 4.72. The molecule has 1 aliphatic rings. The van der Waals surface area contributed by atoms with Gasteiger partial charge in [-0.05, 0) is 37.3 Å². The average Bonchev–Trinajstić information content (AvgIpc) is 2.97. The maximum atomic E-state index is 11.8. The SMILES string of the molecule is CN(CCCNC(=O)CC1C=CCC1)c1ccccc1. The number of amides is 1. The fourth-order valence-corrected chi connectivity index (χ4v) is 2.53. The number of nitrogens with zero attached hydrogens (tertiary/aromatic N) is 1. The summed E-state index contributed by atoms with van der Waals surface area (Å²) in [7, 11) is 2.08. The van der Waals surface area contributed by atoms with E-state index >= 15 is 0 Å². The molecule has 0 fully saturated rings. The van der Waals surface area contributed by atoms with Gasteiger partial charge in [-0.25, -0.2) is 0 Å². The lowest BCUT2D eigenvalue weighted by Crippen LogP contribution is -2.29. The summed E-state index contributed by atoms with van der Waals surface area (Å²) in [5.74, 6) is 0.644. The Labute approximate surface area is 121 Å². The molecule has 1 aliphatic carbocycles. The van der Waals surface area contributed by atoms with Gasteiger partial charge in [-0.3, -0.25) is 4.79 Å². The van der Waals surface area contributed by atoms with E-state index in [0.717, 1.165) is 32.4 Å². The van der Waals surface area contributed by atoms with E-state index in [1.165, 1.54) is 5.69 Å². The summed E-state index contributed by atoms with van der Waals surface area (Å²) in [6.45, 7) is 1.71. The van der Waals surface area contributed by atoms with Crippen LogP contribution in [-0.4, -0.2) is 26.0 Å². The summed E-state index contributed by atoms with van der Waals surface area (Å²) in [5, 5.41) is 3.02. The Morgan fingerprint density at radius 3 is 2.85 bits per heavy atom. The van der Waals surface area contributed by atoms with Crippen LogP contribution in [0.1, 0.15) is 25.7 Å². The molecule has 0 heterocycles. The first-order chi connectivity index (χ1) is 9.75. The van der Waals surface area contributed by atoms with Gasteiger partial charge in [0.15, 0.2) is 0 Å². The number of para-hydroxylation sites is 1. The summed E-state index contributed by atoms with van der Waals surface area (Å²) < 4.78 is 0. The van der Waals surface area contributed by atoms with Crippen LogP contribution in [0.15, 0.2) is 42.5 Å². The van der Waals surface area contributed by atoms with Crippen LogP contribution in [0.3, 0.4) is 0 Å².